The molecule has 0 radical (unpaired) electrons. The number of anilines is 2. The molecular formula is C26H20N2Zr. The van der Waals surface area contributed by atoms with Gasteiger partial charge in [0.05, 0.1) is 0 Å². The van der Waals surface area contributed by atoms with Gasteiger partial charge in [-0.1, -0.05) is 0 Å². The third-order valence-electron chi connectivity index (χ3n) is 4.65. The molecule has 0 fully saturated rings. The Hall–Kier alpha value is -3.08. The minimum atomic E-state index is -1.20. The predicted molar refractivity (Wildman–Crippen MR) is 118 cm³/mol. The summed E-state index contributed by atoms with van der Waals surface area (Å²) in [5.41, 5.74) is 12.8. The molecule has 0 aliphatic heterocycles. The van der Waals surface area contributed by atoms with E-state index >= 15 is 0 Å². The first-order valence-corrected chi connectivity index (χ1v) is 11.8. The molecule has 0 unspecified atom stereocenters. The van der Waals surface area contributed by atoms with E-state index in [4.69, 9.17) is 0 Å². The van der Waals surface area contributed by atoms with E-state index in [0.717, 1.165) is 33.9 Å². The van der Waals surface area contributed by atoms with Gasteiger partial charge >= 0.3 is 184 Å². The molecule has 2 aromatic carbocycles. The van der Waals surface area contributed by atoms with E-state index in [1.165, 1.54) is 6.56 Å². The summed E-state index contributed by atoms with van der Waals surface area (Å²) in [6.45, 7) is 7.81. The average Bonchev–Trinajstić information content (AvgIpc) is 3.33. The molecule has 0 aromatic heterocycles. The Bertz CT molecular complexity index is 1060. The average molecular weight is 452 g/mol. The monoisotopic (exact) mass is 450 g/mol. The Balaban J connectivity index is 1.69. The van der Waals surface area contributed by atoms with Crippen molar-refractivity contribution in [2.75, 3.05) is 10.6 Å². The van der Waals surface area contributed by atoms with E-state index < -0.39 is 23.2 Å². The molecule has 0 bridgehead atoms. The zero-order chi connectivity index (χ0) is 20.1. The molecule has 0 saturated heterocycles. The van der Waals surface area contributed by atoms with E-state index in [9.17, 15) is 0 Å². The van der Waals surface area contributed by atoms with Crippen LogP contribution >= 0.6 is 0 Å². The number of rotatable bonds is 6. The summed E-state index contributed by atoms with van der Waals surface area (Å²) in [6, 6.07) is 20.5. The Kier molecular flexibility index (Phi) is 5.94. The van der Waals surface area contributed by atoms with Crippen molar-refractivity contribution >= 4 is 11.4 Å². The molecule has 0 heterocycles. The third kappa shape index (κ3) is 4.34. The molecular weight excluding hydrogens is 432 g/mol. The van der Waals surface area contributed by atoms with Crippen molar-refractivity contribution in [2.24, 2.45) is 0 Å². The molecule has 2 N–H and O–H groups in total. The van der Waals surface area contributed by atoms with Gasteiger partial charge in [0.25, 0.3) is 0 Å². The molecule has 138 valence electrons. The van der Waals surface area contributed by atoms with Crippen LogP contribution in [0.3, 0.4) is 0 Å². The van der Waals surface area contributed by atoms with Crippen LogP contribution in [0.2, 0.25) is 0 Å². The number of para-hydroxylation sites is 2. The van der Waals surface area contributed by atoms with Gasteiger partial charge < -0.3 is 0 Å². The van der Waals surface area contributed by atoms with Crippen molar-refractivity contribution < 1.29 is 23.2 Å². The molecule has 29 heavy (non-hydrogen) atoms. The van der Waals surface area contributed by atoms with Crippen LogP contribution in [0, 0.1) is 0 Å². The number of nitrogens with one attached hydrogen (secondary N) is 2. The van der Waals surface area contributed by atoms with Gasteiger partial charge in [-0.25, -0.2) is 0 Å². The Morgan fingerprint density at radius 2 is 1.00 bits per heavy atom. The van der Waals surface area contributed by atoms with E-state index in [1.807, 2.05) is 36.4 Å². The SMILES string of the molecule is C=C=C1C=CC(Nc2ccccc2)=[C]1[Zr][C]1=C(Nc2ccccc2)C=CC1=C=C. The number of allylic oxidation sites excluding steroid dienone is 8. The van der Waals surface area contributed by atoms with E-state index in [0.29, 0.717) is 0 Å². The van der Waals surface area contributed by atoms with Gasteiger partial charge in [-0.05, 0) is 0 Å². The van der Waals surface area contributed by atoms with Gasteiger partial charge in [0, 0.05) is 0 Å². The molecule has 2 aliphatic carbocycles. The first-order chi connectivity index (χ1) is 14.3. The summed E-state index contributed by atoms with van der Waals surface area (Å²) in [4.78, 5) is 0. The van der Waals surface area contributed by atoms with Crippen LogP contribution in [0.1, 0.15) is 0 Å². The van der Waals surface area contributed by atoms with Gasteiger partial charge in [0.1, 0.15) is 0 Å². The fourth-order valence-corrected chi connectivity index (χ4v) is 6.71. The van der Waals surface area contributed by atoms with Crippen LogP contribution in [0.4, 0.5) is 11.4 Å². The molecule has 0 atom stereocenters. The van der Waals surface area contributed by atoms with Gasteiger partial charge in [-0.2, -0.15) is 0 Å². The Labute approximate surface area is 183 Å². The van der Waals surface area contributed by atoms with Gasteiger partial charge in [-0.3, -0.25) is 0 Å². The molecule has 3 heteroatoms. The first-order valence-electron chi connectivity index (χ1n) is 9.35. The fourth-order valence-electron chi connectivity index (χ4n) is 3.21. The quantitative estimate of drug-likeness (QED) is 0.505. The minimum absolute atomic E-state index is 1.08. The summed E-state index contributed by atoms with van der Waals surface area (Å²) in [5.74, 6) is 0. The van der Waals surface area contributed by atoms with Crippen LogP contribution in [-0.2, 0) is 23.2 Å². The maximum atomic E-state index is 3.90. The summed E-state index contributed by atoms with van der Waals surface area (Å²) in [6.07, 6.45) is 8.44. The van der Waals surface area contributed by atoms with Crippen LogP contribution < -0.4 is 10.6 Å². The van der Waals surface area contributed by atoms with Gasteiger partial charge in [0.2, 0.25) is 0 Å². The van der Waals surface area contributed by atoms with Crippen LogP contribution in [0.5, 0.6) is 0 Å². The van der Waals surface area contributed by atoms with Crippen molar-refractivity contribution in [3.63, 3.8) is 0 Å². The van der Waals surface area contributed by atoms with Crippen molar-refractivity contribution in [1.29, 1.82) is 0 Å². The molecule has 4 rings (SSSR count). The molecule has 2 aliphatic rings. The van der Waals surface area contributed by atoms with Crippen molar-refractivity contribution in [1.82, 2.24) is 0 Å². The number of benzene rings is 2. The number of hydrogen-bond acceptors (Lipinski definition) is 2. The van der Waals surface area contributed by atoms with Crippen LogP contribution in [-0.4, -0.2) is 0 Å². The van der Waals surface area contributed by atoms with Crippen molar-refractivity contribution in [3.8, 4) is 0 Å². The standard InChI is InChI=1S/2C13H10N.Zr/c2*1-2-11-8-9-13(10-11)14-12-6-4-3-5-7-12;/h2*3-9,14H,1H2;. The molecule has 0 saturated carbocycles. The summed E-state index contributed by atoms with van der Waals surface area (Å²) in [5, 5.41) is 7.13. The van der Waals surface area contributed by atoms with E-state index in [2.05, 4.69) is 83.8 Å². The topological polar surface area (TPSA) is 24.1 Å². The van der Waals surface area contributed by atoms with Crippen LogP contribution in [0.15, 0.2) is 139 Å². The van der Waals surface area contributed by atoms with E-state index in [-0.39, 0.29) is 0 Å². The van der Waals surface area contributed by atoms with Gasteiger partial charge in [0.15, 0.2) is 0 Å². The summed E-state index contributed by atoms with van der Waals surface area (Å²) < 4.78 is 2.65. The Morgan fingerprint density at radius 1 is 0.586 bits per heavy atom. The van der Waals surface area contributed by atoms with Crippen LogP contribution in [0.25, 0.3) is 0 Å². The summed E-state index contributed by atoms with van der Waals surface area (Å²) >= 11 is -1.20. The first kappa shape index (κ1) is 19.2. The van der Waals surface area contributed by atoms with E-state index in [1.54, 1.807) is 0 Å². The predicted octanol–water partition coefficient (Wildman–Crippen LogP) is 6.28. The molecule has 0 spiro atoms. The third-order valence-corrected chi connectivity index (χ3v) is 8.52. The second-order valence-electron chi connectivity index (χ2n) is 6.53. The second kappa shape index (κ2) is 8.95. The molecule has 0 amide bonds. The zero-order valence-corrected chi connectivity index (χ0v) is 18.5. The Morgan fingerprint density at radius 3 is 1.38 bits per heavy atom. The number of hydrogen-bond donors (Lipinski definition) is 2. The van der Waals surface area contributed by atoms with Crippen molar-refractivity contribution in [2.45, 2.75) is 0 Å². The maximum absolute atomic E-state index is 3.90. The summed E-state index contributed by atoms with van der Waals surface area (Å²) in [7, 11) is 0. The normalized spacial score (nSPS) is 14.9. The zero-order valence-electron chi connectivity index (χ0n) is 16.0. The second-order valence-corrected chi connectivity index (χ2v) is 9.60. The molecule has 2 nitrogen and oxygen atoms in total. The fraction of sp³-hybridized carbons (Fsp3) is 0. The molecule has 2 aromatic rings. The van der Waals surface area contributed by atoms with Gasteiger partial charge in [-0.15, -0.1) is 0 Å². The van der Waals surface area contributed by atoms with Crippen molar-refractivity contribution in [3.05, 3.63) is 139 Å².